The quantitative estimate of drug-likeness (QED) is 0.386. The summed E-state index contributed by atoms with van der Waals surface area (Å²) >= 11 is 0. The van der Waals surface area contributed by atoms with E-state index >= 15 is 0 Å². The van der Waals surface area contributed by atoms with Gasteiger partial charge in [0.1, 0.15) is 12.4 Å². The Labute approximate surface area is 111 Å². The molecule has 0 heterocycles. The lowest BCUT2D eigenvalue weighted by atomic mass is 10.3. The maximum atomic E-state index is 10.4. The van der Waals surface area contributed by atoms with Crippen LogP contribution in [0.1, 0.15) is 0 Å². The van der Waals surface area contributed by atoms with E-state index in [1.165, 1.54) is 12.1 Å². The maximum Gasteiger partial charge on any atom is 0.269 e. The van der Waals surface area contributed by atoms with Crippen molar-refractivity contribution < 1.29 is 19.1 Å². The fraction of sp³-hybridized carbons (Fsp3) is 0.500. The van der Waals surface area contributed by atoms with E-state index in [0.717, 1.165) is 0 Å². The van der Waals surface area contributed by atoms with Crippen LogP contribution in [0.25, 0.3) is 0 Å². The van der Waals surface area contributed by atoms with Crippen molar-refractivity contribution in [1.82, 2.24) is 0 Å². The number of non-ortho nitro benzene ring substituents is 1. The third-order valence-electron chi connectivity index (χ3n) is 2.18. The van der Waals surface area contributed by atoms with Crippen molar-refractivity contribution in [2.75, 3.05) is 39.6 Å². The number of hydrogen-bond donors (Lipinski definition) is 1. The predicted octanol–water partition coefficient (Wildman–Crippen LogP) is 0.966. The Morgan fingerprint density at radius 1 is 1.00 bits per heavy atom. The Balaban J connectivity index is 2.07. The number of benzene rings is 1. The number of nitro benzene ring substituents is 1. The van der Waals surface area contributed by atoms with Gasteiger partial charge in [-0.2, -0.15) is 0 Å². The molecule has 0 aliphatic heterocycles. The monoisotopic (exact) mass is 270 g/mol. The molecular weight excluding hydrogens is 252 g/mol. The van der Waals surface area contributed by atoms with Crippen LogP contribution < -0.4 is 10.5 Å². The lowest BCUT2D eigenvalue weighted by Crippen LogP contribution is -2.14. The van der Waals surface area contributed by atoms with Crippen LogP contribution in [-0.4, -0.2) is 44.5 Å². The largest absolute Gasteiger partial charge is 0.491 e. The lowest BCUT2D eigenvalue weighted by Gasteiger charge is -2.07. The molecule has 0 aromatic heterocycles. The molecule has 0 atom stereocenters. The number of hydrogen-bond acceptors (Lipinski definition) is 6. The molecule has 0 unspecified atom stereocenters. The zero-order valence-corrected chi connectivity index (χ0v) is 10.6. The first-order valence-electron chi connectivity index (χ1n) is 5.97. The smallest absolute Gasteiger partial charge is 0.269 e. The van der Waals surface area contributed by atoms with Crippen LogP contribution in [0.4, 0.5) is 5.69 Å². The zero-order chi connectivity index (χ0) is 13.9. The van der Waals surface area contributed by atoms with Crippen LogP contribution in [0.5, 0.6) is 5.75 Å². The van der Waals surface area contributed by atoms with Crippen LogP contribution in [0.3, 0.4) is 0 Å². The molecule has 0 aliphatic carbocycles. The normalized spacial score (nSPS) is 10.4. The average molecular weight is 270 g/mol. The van der Waals surface area contributed by atoms with Crippen LogP contribution >= 0.6 is 0 Å². The summed E-state index contributed by atoms with van der Waals surface area (Å²) in [6, 6.07) is 5.92. The molecule has 0 radical (unpaired) electrons. The third kappa shape index (κ3) is 6.70. The summed E-state index contributed by atoms with van der Waals surface area (Å²) in [7, 11) is 0. The summed E-state index contributed by atoms with van der Waals surface area (Å²) in [6.45, 7) is 2.85. The van der Waals surface area contributed by atoms with Gasteiger partial charge in [-0.05, 0) is 12.1 Å². The molecule has 0 saturated heterocycles. The van der Waals surface area contributed by atoms with Crippen molar-refractivity contribution in [3.05, 3.63) is 34.4 Å². The number of nitrogens with zero attached hydrogens (tertiary/aromatic N) is 1. The minimum absolute atomic E-state index is 0.0423. The van der Waals surface area contributed by atoms with E-state index in [1.54, 1.807) is 12.1 Å². The molecule has 106 valence electrons. The SMILES string of the molecule is NCCOCCOCCOc1ccc([N+](=O)[O-])cc1. The van der Waals surface area contributed by atoms with Gasteiger partial charge in [-0.1, -0.05) is 0 Å². The van der Waals surface area contributed by atoms with E-state index in [-0.39, 0.29) is 5.69 Å². The predicted molar refractivity (Wildman–Crippen MR) is 69.3 cm³/mol. The van der Waals surface area contributed by atoms with Gasteiger partial charge in [0.05, 0.1) is 31.4 Å². The van der Waals surface area contributed by atoms with Gasteiger partial charge in [0.15, 0.2) is 0 Å². The topological polar surface area (TPSA) is 96.9 Å². The van der Waals surface area contributed by atoms with E-state index in [9.17, 15) is 10.1 Å². The first kappa shape index (κ1) is 15.4. The molecule has 7 nitrogen and oxygen atoms in total. The molecule has 0 amide bonds. The summed E-state index contributed by atoms with van der Waals surface area (Å²) in [6.07, 6.45) is 0. The average Bonchev–Trinajstić information content (AvgIpc) is 2.42. The zero-order valence-electron chi connectivity index (χ0n) is 10.6. The third-order valence-corrected chi connectivity index (χ3v) is 2.18. The number of nitro groups is 1. The Kier molecular flexibility index (Phi) is 7.48. The van der Waals surface area contributed by atoms with E-state index < -0.39 is 4.92 Å². The molecule has 1 aromatic rings. The van der Waals surface area contributed by atoms with Gasteiger partial charge in [0, 0.05) is 18.7 Å². The summed E-state index contributed by atoms with van der Waals surface area (Å²) in [5.74, 6) is 0.577. The van der Waals surface area contributed by atoms with Crippen molar-refractivity contribution in [3.63, 3.8) is 0 Å². The lowest BCUT2D eigenvalue weighted by molar-refractivity contribution is -0.384. The molecule has 0 bridgehead atoms. The number of ether oxygens (including phenoxy) is 3. The van der Waals surface area contributed by atoms with Gasteiger partial charge in [-0.3, -0.25) is 10.1 Å². The van der Waals surface area contributed by atoms with E-state index in [2.05, 4.69) is 0 Å². The second-order valence-electron chi connectivity index (χ2n) is 3.61. The van der Waals surface area contributed by atoms with E-state index in [1.807, 2.05) is 0 Å². The highest BCUT2D eigenvalue weighted by Crippen LogP contribution is 2.16. The first-order valence-corrected chi connectivity index (χ1v) is 5.97. The van der Waals surface area contributed by atoms with Crippen molar-refractivity contribution >= 4 is 5.69 Å². The maximum absolute atomic E-state index is 10.4. The minimum Gasteiger partial charge on any atom is -0.491 e. The molecule has 1 aromatic carbocycles. The van der Waals surface area contributed by atoms with Gasteiger partial charge in [-0.25, -0.2) is 0 Å². The molecule has 2 N–H and O–H groups in total. The second kappa shape index (κ2) is 9.26. The Hall–Kier alpha value is -1.70. The second-order valence-corrected chi connectivity index (χ2v) is 3.61. The summed E-state index contributed by atoms with van der Waals surface area (Å²) in [4.78, 5) is 9.99. The van der Waals surface area contributed by atoms with Gasteiger partial charge in [-0.15, -0.1) is 0 Å². The Bertz CT molecular complexity index is 369. The van der Waals surface area contributed by atoms with Crippen LogP contribution in [0.2, 0.25) is 0 Å². The van der Waals surface area contributed by atoms with E-state index in [4.69, 9.17) is 19.9 Å². The van der Waals surface area contributed by atoms with Crippen molar-refractivity contribution in [3.8, 4) is 5.75 Å². The Morgan fingerprint density at radius 3 is 2.16 bits per heavy atom. The van der Waals surface area contributed by atoms with E-state index in [0.29, 0.717) is 45.3 Å². The fourth-order valence-electron chi connectivity index (χ4n) is 1.29. The van der Waals surface area contributed by atoms with Crippen molar-refractivity contribution in [2.24, 2.45) is 5.73 Å². The Morgan fingerprint density at radius 2 is 1.58 bits per heavy atom. The van der Waals surface area contributed by atoms with Gasteiger partial charge >= 0.3 is 0 Å². The highest BCUT2D eigenvalue weighted by atomic mass is 16.6. The molecule has 0 spiro atoms. The molecule has 1 rings (SSSR count). The van der Waals surface area contributed by atoms with Gasteiger partial charge < -0.3 is 19.9 Å². The van der Waals surface area contributed by atoms with Crippen molar-refractivity contribution in [1.29, 1.82) is 0 Å². The fourth-order valence-corrected chi connectivity index (χ4v) is 1.29. The molecule has 0 aliphatic rings. The summed E-state index contributed by atoms with van der Waals surface area (Å²) < 4.78 is 15.8. The molecule has 7 heteroatoms. The summed E-state index contributed by atoms with van der Waals surface area (Å²) in [5, 5.41) is 10.4. The number of nitrogens with two attached hydrogens (primary N) is 1. The standard InChI is InChI=1S/C12H18N2O5/c13-5-6-17-7-8-18-9-10-19-12-3-1-11(2-4-12)14(15)16/h1-4H,5-10,13H2. The molecular formula is C12H18N2O5. The van der Waals surface area contributed by atoms with Gasteiger partial charge in [0.25, 0.3) is 5.69 Å². The molecule has 0 fully saturated rings. The highest BCUT2D eigenvalue weighted by molar-refractivity contribution is 5.35. The minimum atomic E-state index is -0.450. The molecule has 0 saturated carbocycles. The number of rotatable bonds is 10. The van der Waals surface area contributed by atoms with Crippen LogP contribution in [0.15, 0.2) is 24.3 Å². The summed E-state index contributed by atoms with van der Waals surface area (Å²) in [5.41, 5.74) is 5.30. The highest BCUT2D eigenvalue weighted by Gasteiger charge is 2.03. The van der Waals surface area contributed by atoms with Gasteiger partial charge in [0.2, 0.25) is 0 Å². The van der Waals surface area contributed by atoms with Crippen LogP contribution in [-0.2, 0) is 9.47 Å². The van der Waals surface area contributed by atoms with Crippen LogP contribution in [0, 0.1) is 10.1 Å². The molecule has 19 heavy (non-hydrogen) atoms. The van der Waals surface area contributed by atoms with Crippen molar-refractivity contribution in [2.45, 2.75) is 0 Å². The first-order chi connectivity index (χ1) is 9.24.